The Balaban J connectivity index is 2.35. The van der Waals surface area contributed by atoms with Gasteiger partial charge in [-0.1, -0.05) is 12.1 Å². The third-order valence-electron chi connectivity index (χ3n) is 3.27. The first kappa shape index (κ1) is 13.6. The number of imidazole rings is 1. The zero-order chi connectivity index (χ0) is 15.2. The van der Waals surface area contributed by atoms with Crippen LogP contribution in [0.25, 0.3) is 22.6 Å². The maximum absolute atomic E-state index is 11.9. The fourth-order valence-electron chi connectivity index (χ4n) is 2.29. The lowest BCUT2D eigenvalue weighted by Gasteiger charge is -2.02. The molecule has 108 valence electrons. The number of nitrogen functional groups attached to an aromatic ring is 1. The zero-order valence-electron chi connectivity index (χ0n) is 11.6. The number of para-hydroxylation sites is 1. The third kappa shape index (κ3) is 2.25. The van der Waals surface area contributed by atoms with Gasteiger partial charge in [-0.05, 0) is 24.3 Å². The topological polar surface area (TPSA) is 90.9 Å². The molecule has 2 heterocycles. The Kier molecular flexibility index (Phi) is 2.94. The van der Waals surface area contributed by atoms with E-state index >= 15 is 0 Å². The number of anilines is 1. The van der Waals surface area contributed by atoms with E-state index in [4.69, 9.17) is 5.73 Å². The van der Waals surface area contributed by atoms with Crippen LogP contribution < -0.4 is 5.73 Å². The van der Waals surface area contributed by atoms with Crippen molar-refractivity contribution in [1.82, 2.24) is 14.5 Å². The molecule has 1 aromatic carbocycles. The highest BCUT2D eigenvalue weighted by molar-refractivity contribution is 7.91. The highest BCUT2D eigenvalue weighted by atomic mass is 32.2. The summed E-state index contributed by atoms with van der Waals surface area (Å²) in [5, 5.41) is 0. The minimum absolute atomic E-state index is 0.214. The molecule has 0 aliphatic rings. The highest BCUT2D eigenvalue weighted by Gasteiger charge is 2.18. The number of hydrogen-bond acceptors (Lipinski definition) is 5. The monoisotopic (exact) mass is 302 g/mol. The first-order valence-electron chi connectivity index (χ1n) is 6.26. The largest absolute Gasteiger partial charge is 0.384 e. The van der Waals surface area contributed by atoms with Gasteiger partial charge in [0.2, 0.25) is 0 Å². The van der Waals surface area contributed by atoms with Crippen molar-refractivity contribution in [3.05, 3.63) is 36.4 Å². The summed E-state index contributed by atoms with van der Waals surface area (Å²) in [5.41, 5.74) is 7.48. The molecule has 7 heteroatoms. The van der Waals surface area contributed by atoms with Crippen molar-refractivity contribution in [1.29, 1.82) is 0 Å². The molecule has 3 aromatic rings. The van der Waals surface area contributed by atoms with Crippen molar-refractivity contribution < 1.29 is 8.42 Å². The van der Waals surface area contributed by atoms with Crippen LogP contribution >= 0.6 is 0 Å². The maximum atomic E-state index is 11.9. The molecular weight excluding hydrogens is 288 g/mol. The van der Waals surface area contributed by atoms with Crippen LogP contribution in [-0.2, 0) is 16.9 Å². The quantitative estimate of drug-likeness (QED) is 0.776. The van der Waals surface area contributed by atoms with Crippen LogP contribution in [0.15, 0.2) is 41.3 Å². The van der Waals surface area contributed by atoms with Crippen molar-refractivity contribution >= 4 is 26.7 Å². The molecule has 0 aliphatic heterocycles. The highest BCUT2D eigenvalue weighted by Crippen LogP contribution is 2.27. The molecule has 0 unspecified atom stereocenters. The van der Waals surface area contributed by atoms with Crippen LogP contribution in [-0.4, -0.2) is 29.2 Å². The van der Waals surface area contributed by atoms with Gasteiger partial charge < -0.3 is 10.3 Å². The summed E-state index contributed by atoms with van der Waals surface area (Å²) in [7, 11) is -1.52. The van der Waals surface area contributed by atoms with Gasteiger partial charge in [0.1, 0.15) is 17.0 Å². The summed E-state index contributed by atoms with van der Waals surface area (Å²) in [5.74, 6) is 0.969. The van der Waals surface area contributed by atoms with Crippen LogP contribution in [0.4, 0.5) is 5.82 Å². The first-order valence-corrected chi connectivity index (χ1v) is 8.15. The van der Waals surface area contributed by atoms with E-state index in [9.17, 15) is 8.42 Å². The SMILES string of the molecule is Cn1c(-c2cccc(N)n2)nc2c(S(C)(=O)=O)cccc21. The van der Waals surface area contributed by atoms with Crippen molar-refractivity contribution in [2.24, 2.45) is 7.05 Å². The van der Waals surface area contributed by atoms with Gasteiger partial charge in [-0.3, -0.25) is 0 Å². The normalized spacial score (nSPS) is 11.9. The number of pyridine rings is 1. The lowest BCUT2D eigenvalue weighted by atomic mass is 10.3. The standard InChI is InChI=1S/C14H14N4O2S/c1-18-10-6-4-7-11(21(2,19)20)13(10)17-14(18)9-5-3-8-12(15)16-9/h3-8H,1-2H3,(H2,15,16). The van der Waals surface area contributed by atoms with Gasteiger partial charge in [0.25, 0.3) is 0 Å². The minimum atomic E-state index is -3.34. The summed E-state index contributed by atoms with van der Waals surface area (Å²) in [6.07, 6.45) is 1.18. The molecule has 2 aromatic heterocycles. The molecule has 0 aliphatic carbocycles. The Labute approximate surface area is 122 Å². The molecule has 6 nitrogen and oxygen atoms in total. The summed E-state index contributed by atoms with van der Waals surface area (Å²) in [6.45, 7) is 0. The molecule has 0 radical (unpaired) electrons. The Hall–Kier alpha value is -2.41. The fourth-order valence-corrected chi connectivity index (χ4v) is 3.12. The van der Waals surface area contributed by atoms with Crippen molar-refractivity contribution in [2.45, 2.75) is 4.90 Å². The average Bonchev–Trinajstić information content (AvgIpc) is 2.75. The van der Waals surface area contributed by atoms with Crippen LogP contribution in [0, 0.1) is 0 Å². The summed E-state index contributed by atoms with van der Waals surface area (Å²) in [4.78, 5) is 8.91. The maximum Gasteiger partial charge on any atom is 0.177 e. The third-order valence-corrected chi connectivity index (χ3v) is 4.40. The van der Waals surface area contributed by atoms with Gasteiger partial charge in [0, 0.05) is 13.3 Å². The number of rotatable bonds is 2. The predicted molar refractivity (Wildman–Crippen MR) is 81.5 cm³/mol. The minimum Gasteiger partial charge on any atom is -0.384 e. The van der Waals surface area contributed by atoms with E-state index in [2.05, 4.69) is 9.97 Å². The van der Waals surface area contributed by atoms with E-state index in [1.165, 1.54) is 6.26 Å². The Bertz CT molecular complexity index is 945. The molecule has 0 bridgehead atoms. The lowest BCUT2D eigenvalue weighted by molar-refractivity contribution is 0.602. The van der Waals surface area contributed by atoms with Gasteiger partial charge in [-0.15, -0.1) is 0 Å². The average molecular weight is 302 g/mol. The van der Waals surface area contributed by atoms with Crippen LogP contribution in [0.2, 0.25) is 0 Å². The second-order valence-electron chi connectivity index (χ2n) is 4.84. The summed E-state index contributed by atoms with van der Waals surface area (Å²) in [6, 6.07) is 10.4. The lowest BCUT2D eigenvalue weighted by Crippen LogP contribution is -1.98. The smallest absolute Gasteiger partial charge is 0.177 e. The predicted octanol–water partition coefficient (Wildman–Crippen LogP) is 1.62. The van der Waals surface area contributed by atoms with E-state index < -0.39 is 9.84 Å². The number of hydrogen-bond donors (Lipinski definition) is 1. The molecule has 0 saturated carbocycles. The Morgan fingerprint density at radius 1 is 1.10 bits per heavy atom. The molecular formula is C14H14N4O2S. The molecule has 0 fully saturated rings. The molecule has 21 heavy (non-hydrogen) atoms. The summed E-state index contributed by atoms with van der Waals surface area (Å²) >= 11 is 0. The van der Waals surface area contributed by atoms with Crippen LogP contribution in [0.5, 0.6) is 0 Å². The van der Waals surface area contributed by atoms with Crippen LogP contribution in [0.3, 0.4) is 0 Å². The van der Waals surface area contributed by atoms with E-state index in [1.807, 2.05) is 17.7 Å². The first-order chi connectivity index (χ1) is 9.88. The van der Waals surface area contributed by atoms with Gasteiger partial charge >= 0.3 is 0 Å². The number of nitrogens with two attached hydrogens (primary N) is 1. The number of fused-ring (bicyclic) bond motifs is 1. The van der Waals surface area contributed by atoms with Crippen LogP contribution in [0.1, 0.15) is 0 Å². The molecule has 3 rings (SSSR count). The van der Waals surface area contributed by atoms with Crippen molar-refractivity contribution in [2.75, 3.05) is 12.0 Å². The van der Waals surface area contributed by atoms with Gasteiger partial charge in [-0.25, -0.2) is 18.4 Å². The van der Waals surface area contributed by atoms with Gasteiger partial charge in [0.15, 0.2) is 15.7 Å². The van der Waals surface area contributed by atoms with Gasteiger partial charge in [0.05, 0.1) is 10.4 Å². The summed E-state index contributed by atoms with van der Waals surface area (Å²) < 4.78 is 25.6. The van der Waals surface area contributed by atoms with Crippen molar-refractivity contribution in [3.8, 4) is 11.5 Å². The van der Waals surface area contributed by atoms with E-state index in [1.54, 1.807) is 30.3 Å². The number of aromatic nitrogens is 3. The fraction of sp³-hybridized carbons (Fsp3) is 0.143. The molecule has 0 atom stereocenters. The molecule has 2 N–H and O–H groups in total. The second-order valence-corrected chi connectivity index (χ2v) is 6.82. The number of benzene rings is 1. The molecule has 0 spiro atoms. The van der Waals surface area contributed by atoms with Gasteiger partial charge in [-0.2, -0.15) is 0 Å². The number of aryl methyl sites for hydroxylation is 1. The van der Waals surface area contributed by atoms with Crippen molar-refractivity contribution in [3.63, 3.8) is 0 Å². The second kappa shape index (κ2) is 4.56. The Morgan fingerprint density at radius 2 is 1.81 bits per heavy atom. The van der Waals surface area contributed by atoms with E-state index in [0.29, 0.717) is 22.9 Å². The number of nitrogens with zero attached hydrogens (tertiary/aromatic N) is 3. The number of sulfone groups is 1. The zero-order valence-corrected chi connectivity index (χ0v) is 12.4. The van der Waals surface area contributed by atoms with E-state index in [0.717, 1.165) is 5.52 Å². The van der Waals surface area contributed by atoms with E-state index in [-0.39, 0.29) is 4.90 Å². The molecule has 0 saturated heterocycles. The Morgan fingerprint density at radius 3 is 2.48 bits per heavy atom. The molecule has 0 amide bonds.